The summed E-state index contributed by atoms with van der Waals surface area (Å²) in [7, 11) is 0. The number of aryl methyl sites for hydroxylation is 1. The number of unbranched alkanes of at least 4 members (excludes halogenated alkanes) is 3. The first-order valence-corrected chi connectivity index (χ1v) is 6.89. The van der Waals surface area contributed by atoms with Crippen LogP contribution in [0.3, 0.4) is 0 Å². The molecule has 0 saturated heterocycles. The second-order valence-corrected chi connectivity index (χ2v) is 5.07. The predicted octanol–water partition coefficient (Wildman–Crippen LogP) is 4.93. The van der Waals surface area contributed by atoms with Gasteiger partial charge in [-0.1, -0.05) is 43.9 Å². The average molecular weight is 269 g/mol. The third kappa shape index (κ3) is 2.72. The molecule has 1 heterocycles. The van der Waals surface area contributed by atoms with Gasteiger partial charge in [-0.3, -0.25) is 0 Å². The lowest BCUT2D eigenvalue weighted by molar-refractivity contribution is 0.587. The highest BCUT2D eigenvalue weighted by atomic mass is 35.5. The summed E-state index contributed by atoms with van der Waals surface area (Å²) in [5.74, 6) is 0. The molecule has 0 radical (unpaired) electrons. The van der Waals surface area contributed by atoms with E-state index in [0.717, 1.165) is 33.8 Å². The highest BCUT2D eigenvalue weighted by molar-refractivity contribution is 7.71. The van der Waals surface area contributed by atoms with Crippen molar-refractivity contribution in [3.05, 3.63) is 28.0 Å². The largest absolute Gasteiger partial charge is 0.331 e. The lowest BCUT2D eigenvalue weighted by atomic mass is 10.2. The third-order valence-corrected chi connectivity index (χ3v) is 3.61. The lowest BCUT2D eigenvalue weighted by Gasteiger charge is -2.05. The molecule has 2 nitrogen and oxygen atoms in total. The van der Waals surface area contributed by atoms with E-state index in [-0.39, 0.29) is 0 Å². The molecule has 0 amide bonds. The Labute approximate surface area is 112 Å². The number of fused-ring (bicyclic) bond motifs is 1. The van der Waals surface area contributed by atoms with Gasteiger partial charge in [-0.05, 0) is 30.8 Å². The van der Waals surface area contributed by atoms with E-state index in [4.69, 9.17) is 23.8 Å². The zero-order valence-electron chi connectivity index (χ0n) is 10.0. The summed E-state index contributed by atoms with van der Waals surface area (Å²) in [6, 6.07) is 5.87. The van der Waals surface area contributed by atoms with Crippen LogP contribution in [0, 0.1) is 4.77 Å². The standard InChI is InChI=1S/C13H17ClN2S/c1-2-3-4-5-9-16-12-10(14)7-6-8-11(12)15-13(16)17/h6-8H,2-5,9H2,1H3,(H,15,17). The quantitative estimate of drug-likeness (QED) is 0.602. The Balaban J connectivity index is 2.27. The highest BCUT2D eigenvalue weighted by Crippen LogP contribution is 2.23. The van der Waals surface area contributed by atoms with Gasteiger partial charge in [0.2, 0.25) is 0 Å². The molecule has 0 aliphatic rings. The van der Waals surface area contributed by atoms with Crippen LogP contribution in [0.5, 0.6) is 0 Å². The molecule has 1 aromatic heterocycles. The number of hydrogen-bond donors (Lipinski definition) is 1. The minimum atomic E-state index is 0.768. The summed E-state index contributed by atoms with van der Waals surface area (Å²) in [5, 5.41) is 0.769. The maximum Gasteiger partial charge on any atom is 0.178 e. The Hall–Kier alpha value is -0.800. The fourth-order valence-corrected chi connectivity index (χ4v) is 2.65. The van der Waals surface area contributed by atoms with Crippen molar-refractivity contribution in [1.82, 2.24) is 9.55 Å². The molecular weight excluding hydrogens is 252 g/mol. The van der Waals surface area contributed by atoms with Crippen molar-refractivity contribution in [2.45, 2.75) is 39.2 Å². The minimum Gasteiger partial charge on any atom is -0.331 e. The number of H-pyrrole nitrogens is 1. The van der Waals surface area contributed by atoms with Gasteiger partial charge in [0.15, 0.2) is 4.77 Å². The van der Waals surface area contributed by atoms with Crippen molar-refractivity contribution in [3.63, 3.8) is 0 Å². The molecule has 0 aliphatic carbocycles. The molecule has 0 fully saturated rings. The number of aromatic nitrogens is 2. The molecule has 0 atom stereocenters. The average Bonchev–Trinajstić information content (AvgIpc) is 2.62. The first kappa shape index (κ1) is 12.7. The number of imidazole rings is 1. The normalized spacial score (nSPS) is 11.2. The van der Waals surface area contributed by atoms with Gasteiger partial charge in [0, 0.05) is 6.54 Å². The number of nitrogens with one attached hydrogen (secondary N) is 1. The Bertz CT molecular complexity index is 556. The molecule has 17 heavy (non-hydrogen) atoms. The Morgan fingerprint density at radius 1 is 1.29 bits per heavy atom. The topological polar surface area (TPSA) is 20.7 Å². The van der Waals surface area contributed by atoms with E-state index in [9.17, 15) is 0 Å². The molecule has 0 bridgehead atoms. The third-order valence-electron chi connectivity index (χ3n) is 2.98. The van der Waals surface area contributed by atoms with Gasteiger partial charge >= 0.3 is 0 Å². The number of benzene rings is 1. The van der Waals surface area contributed by atoms with Gasteiger partial charge in [-0.15, -0.1) is 0 Å². The molecule has 1 N–H and O–H groups in total. The zero-order chi connectivity index (χ0) is 12.3. The molecule has 2 aromatic rings. The Morgan fingerprint density at radius 3 is 2.88 bits per heavy atom. The number of halogens is 1. The van der Waals surface area contributed by atoms with E-state index < -0.39 is 0 Å². The molecule has 2 rings (SSSR count). The fraction of sp³-hybridized carbons (Fsp3) is 0.462. The van der Waals surface area contributed by atoms with E-state index >= 15 is 0 Å². The van der Waals surface area contributed by atoms with Crippen molar-refractivity contribution in [3.8, 4) is 0 Å². The molecule has 4 heteroatoms. The number of nitrogens with zero attached hydrogens (tertiary/aromatic N) is 1. The number of aromatic amines is 1. The van der Waals surface area contributed by atoms with Gasteiger partial charge < -0.3 is 9.55 Å². The van der Waals surface area contributed by atoms with E-state index in [1.54, 1.807) is 0 Å². The van der Waals surface area contributed by atoms with Crippen LogP contribution in [-0.2, 0) is 6.54 Å². The van der Waals surface area contributed by atoms with Gasteiger partial charge in [0.05, 0.1) is 16.1 Å². The minimum absolute atomic E-state index is 0.768. The van der Waals surface area contributed by atoms with E-state index in [1.807, 2.05) is 18.2 Å². The summed E-state index contributed by atoms with van der Waals surface area (Å²) < 4.78 is 2.88. The smallest absolute Gasteiger partial charge is 0.178 e. The summed E-state index contributed by atoms with van der Waals surface area (Å²) >= 11 is 11.6. The van der Waals surface area contributed by atoms with Gasteiger partial charge in [-0.2, -0.15) is 0 Å². The maximum atomic E-state index is 6.23. The van der Waals surface area contributed by atoms with Gasteiger partial charge in [0.1, 0.15) is 0 Å². The first-order chi connectivity index (χ1) is 8.24. The van der Waals surface area contributed by atoms with Crippen LogP contribution < -0.4 is 0 Å². The molecule has 0 aliphatic heterocycles. The summed E-state index contributed by atoms with van der Waals surface area (Å²) in [6.07, 6.45) is 4.93. The van der Waals surface area contributed by atoms with Crippen molar-refractivity contribution in [1.29, 1.82) is 0 Å². The number of para-hydroxylation sites is 1. The van der Waals surface area contributed by atoms with Crippen LogP contribution in [0.2, 0.25) is 5.02 Å². The molecule has 0 spiro atoms. The first-order valence-electron chi connectivity index (χ1n) is 6.11. The highest BCUT2D eigenvalue weighted by Gasteiger charge is 2.07. The summed E-state index contributed by atoms with van der Waals surface area (Å²) in [5.41, 5.74) is 2.06. The summed E-state index contributed by atoms with van der Waals surface area (Å²) in [6.45, 7) is 3.16. The van der Waals surface area contributed by atoms with Crippen LogP contribution in [0.25, 0.3) is 11.0 Å². The molecule has 1 aromatic carbocycles. The second kappa shape index (κ2) is 5.69. The fourth-order valence-electron chi connectivity index (χ4n) is 2.08. The van der Waals surface area contributed by atoms with E-state index in [0.29, 0.717) is 0 Å². The number of hydrogen-bond acceptors (Lipinski definition) is 1. The SMILES string of the molecule is CCCCCCn1c(=S)[nH]c2cccc(Cl)c21. The lowest BCUT2D eigenvalue weighted by Crippen LogP contribution is -1.98. The zero-order valence-corrected chi connectivity index (χ0v) is 11.6. The van der Waals surface area contributed by atoms with Gasteiger partial charge in [0.25, 0.3) is 0 Å². The second-order valence-electron chi connectivity index (χ2n) is 4.28. The van der Waals surface area contributed by atoms with Crippen molar-refractivity contribution in [2.75, 3.05) is 0 Å². The van der Waals surface area contributed by atoms with Crippen LogP contribution in [0.15, 0.2) is 18.2 Å². The Kier molecular flexibility index (Phi) is 4.24. The Morgan fingerprint density at radius 2 is 2.12 bits per heavy atom. The molecule has 0 unspecified atom stereocenters. The van der Waals surface area contributed by atoms with E-state index in [2.05, 4.69) is 16.5 Å². The molecule has 92 valence electrons. The molecular formula is C13H17ClN2S. The molecule has 0 saturated carbocycles. The van der Waals surface area contributed by atoms with Crippen molar-refractivity contribution >= 4 is 34.9 Å². The van der Waals surface area contributed by atoms with Crippen molar-refractivity contribution in [2.24, 2.45) is 0 Å². The van der Waals surface area contributed by atoms with Gasteiger partial charge in [-0.25, -0.2) is 0 Å². The van der Waals surface area contributed by atoms with Crippen LogP contribution >= 0.6 is 23.8 Å². The maximum absolute atomic E-state index is 6.23. The number of rotatable bonds is 5. The summed E-state index contributed by atoms with van der Waals surface area (Å²) in [4.78, 5) is 3.20. The van der Waals surface area contributed by atoms with Crippen LogP contribution in [0.4, 0.5) is 0 Å². The van der Waals surface area contributed by atoms with Crippen molar-refractivity contribution < 1.29 is 0 Å². The monoisotopic (exact) mass is 268 g/mol. The van der Waals surface area contributed by atoms with Crippen LogP contribution in [0.1, 0.15) is 32.6 Å². The predicted molar refractivity (Wildman–Crippen MR) is 76.3 cm³/mol. The van der Waals surface area contributed by atoms with E-state index in [1.165, 1.54) is 19.3 Å². The van der Waals surface area contributed by atoms with Crippen LogP contribution in [-0.4, -0.2) is 9.55 Å².